The molecule has 0 bridgehead atoms. The molecule has 4 rings (SSSR count). The number of piperazine rings is 1. The Kier molecular flexibility index (Phi) is 6.04. The highest BCUT2D eigenvalue weighted by Gasteiger charge is 2.34. The van der Waals surface area contributed by atoms with Crippen LogP contribution in [0.2, 0.25) is 0 Å². The second-order valence-electron chi connectivity index (χ2n) is 8.71. The minimum Gasteiger partial charge on any atom is -0.382 e. The van der Waals surface area contributed by atoms with Gasteiger partial charge in [0.1, 0.15) is 0 Å². The molecule has 7 heteroatoms. The molecular formula is C22H30F3N3O. The Balaban J connectivity index is 1.21. The van der Waals surface area contributed by atoms with Gasteiger partial charge in [-0.15, -0.1) is 0 Å². The van der Waals surface area contributed by atoms with Crippen LogP contribution >= 0.6 is 0 Å². The first-order valence-electron chi connectivity index (χ1n) is 10.9. The van der Waals surface area contributed by atoms with Gasteiger partial charge in [0.2, 0.25) is 5.91 Å². The molecule has 160 valence electrons. The molecule has 1 aromatic rings. The molecule has 0 spiro atoms. The van der Waals surface area contributed by atoms with Gasteiger partial charge in [0.05, 0.1) is 5.56 Å². The summed E-state index contributed by atoms with van der Waals surface area (Å²) in [4.78, 5) is 17.5. The summed E-state index contributed by atoms with van der Waals surface area (Å²) >= 11 is 0. The molecule has 4 nitrogen and oxygen atoms in total. The van der Waals surface area contributed by atoms with Crippen molar-refractivity contribution >= 4 is 11.6 Å². The van der Waals surface area contributed by atoms with Gasteiger partial charge in [0, 0.05) is 49.9 Å². The Labute approximate surface area is 170 Å². The predicted molar refractivity (Wildman–Crippen MR) is 107 cm³/mol. The van der Waals surface area contributed by atoms with Crippen molar-refractivity contribution in [3.8, 4) is 0 Å². The summed E-state index contributed by atoms with van der Waals surface area (Å²) in [5, 5.41) is 3.33. The van der Waals surface area contributed by atoms with Crippen molar-refractivity contribution in [2.45, 2.75) is 63.2 Å². The molecule has 2 saturated carbocycles. The van der Waals surface area contributed by atoms with Crippen LogP contribution in [0.1, 0.15) is 50.5 Å². The highest BCUT2D eigenvalue weighted by molar-refractivity contribution is 5.79. The van der Waals surface area contributed by atoms with E-state index in [2.05, 4.69) is 10.2 Å². The lowest BCUT2D eigenvalue weighted by Gasteiger charge is -2.44. The number of hydrogen-bond donors (Lipinski definition) is 1. The van der Waals surface area contributed by atoms with Crippen molar-refractivity contribution in [2.24, 2.45) is 5.92 Å². The lowest BCUT2D eigenvalue weighted by atomic mass is 9.84. The van der Waals surface area contributed by atoms with Gasteiger partial charge < -0.3 is 10.2 Å². The Morgan fingerprint density at radius 3 is 2.03 bits per heavy atom. The van der Waals surface area contributed by atoms with Crippen LogP contribution in [0, 0.1) is 5.92 Å². The molecule has 29 heavy (non-hydrogen) atoms. The van der Waals surface area contributed by atoms with Gasteiger partial charge >= 0.3 is 6.18 Å². The fourth-order valence-corrected chi connectivity index (χ4v) is 4.79. The summed E-state index contributed by atoms with van der Waals surface area (Å²) in [7, 11) is 0. The van der Waals surface area contributed by atoms with Crippen LogP contribution in [-0.2, 0) is 11.0 Å². The third-order valence-corrected chi connectivity index (χ3v) is 6.88. The average molecular weight is 409 g/mol. The number of nitrogens with one attached hydrogen (secondary N) is 1. The van der Waals surface area contributed by atoms with Crippen molar-refractivity contribution in [2.75, 3.05) is 31.5 Å². The number of hydrogen-bond acceptors (Lipinski definition) is 3. The third-order valence-electron chi connectivity index (χ3n) is 6.88. The van der Waals surface area contributed by atoms with E-state index in [1.807, 2.05) is 4.90 Å². The molecule has 1 aromatic carbocycles. The van der Waals surface area contributed by atoms with Crippen LogP contribution in [0.4, 0.5) is 18.9 Å². The minimum atomic E-state index is -4.31. The number of carbonyl (C=O) groups is 1. The number of carbonyl (C=O) groups excluding carboxylic acids is 1. The quantitative estimate of drug-likeness (QED) is 0.802. The topological polar surface area (TPSA) is 35.6 Å². The first-order chi connectivity index (χ1) is 13.9. The first kappa shape index (κ1) is 20.5. The average Bonchev–Trinajstić information content (AvgIpc) is 2.67. The summed E-state index contributed by atoms with van der Waals surface area (Å²) < 4.78 is 38.0. The molecule has 0 atom stereocenters. The van der Waals surface area contributed by atoms with E-state index < -0.39 is 11.7 Å². The molecule has 3 fully saturated rings. The number of anilines is 1. The summed E-state index contributed by atoms with van der Waals surface area (Å²) in [5.74, 6) is 0.391. The second kappa shape index (κ2) is 8.54. The van der Waals surface area contributed by atoms with E-state index in [0.717, 1.165) is 70.0 Å². The Bertz CT molecular complexity index is 686. The maximum atomic E-state index is 12.9. The smallest absolute Gasteiger partial charge is 0.382 e. The molecule has 1 aliphatic heterocycles. The zero-order chi connectivity index (χ0) is 20.4. The molecule has 1 saturated heterocycles. The summed E-state index contributed by atoms with van der Waals surface area (Å²) in [6, 6.07) is 6.16. The van der Waals surface area contributed by atoms with Crippen molar-refractivity contribution in [3.63, 3.8) is 0 Å². The highest BCUT2D eigenvalue weighted by atomic mass is 19.4. The van der Waals surface area contributed by atoms with Crippen LogP contribution in [0.15, 0.2) is 24.3 Å². The van der Waals surface area contributed by atoms with E-state index in [9.17, 15) is 18.0 Å². The maximum Gasteiger partial charge on any atom is 0.416 e. The molecule has 1 N–H and O–H groups in total. The van der Waals surface area contributed by atoms with Crippen molar-refractivity contribution in [3.05, 3.63) is 29.8 Å². The van der Waals surface area contributed by atoms with Gasteiger partial charge in [-0.05, 0) is 62.8 Å². The van der Waals surface area contributed by atoms with Gasteiger partial charge in [0.25, 0.3) is 0 Å². The summed E-state index contributed by atoms with van der Waals surface area (Å²) in [6.07, 6.45) is 3.10. The fourth-order valence-electron chi connectivity index (χ4n) is 4.79. The number of alkyl halides is 3. The Morgan fingerprint density at radius 1 is 0.897 bits per heavy atom. The molecular weight excluding hydrogens is 379 g/mol. The normalized spacial score (nSPS) is 26.8. The number of halogens is 3. The zero-order valence-electron chi connectivity index (χ0n) is 16.8. The lowest BCUT2D eigenvalue weighted by molar-refractivity contribution is -0.139. The highest BCUT2D eigenvalue weighted by Crippen LogP contribution is 2.32. The van der Waals surface area contributed by atoms with E-state index in [-0.39, 0.29) is 12.0 Å². The van der Waals surface area contributed by atoms with Crippen molar-refractivity contribution in [1.29, 1.82) is 0 Å². The van der Waals surface area contributed by atoms with E-state index in [4.69, 9.17) is 0 Å². The van der Waals surface area contributed by atoms with Crippen LogP contribution in [0.5, 0.6) is 0 Å². The van der Waals surface area contributed by atoms with Gasteiger partial charge in [0.15, 0.2) is 0 Å². The maximum absolute atomic E-state index is 12.9. The van der Waals surface area contributed by atoms with E-state index in [1.54, 1.807) is 0 Å². The zero-order valence-corrected chi connectivity index (χ0v) is 16.8. The van der Waals surface area contributed by atoms with E-state index >= 15 is 0 Å². The molecule has 1 heterocycles. The van der Waals surface area contributed by atoms with Crippen LogP contribution in [0.3, 0.4) is 0 Å². The van der Waals surface area contributed by atoms with Crippen molar-refractivity contribution in [1.82, 2.24) is 9.80 Å². The minimum absolute atomic E-state index is 0.0934. The van der Waals surface area contributed by atoms with Crippen LogP contribution in [-0.4, -0.2) is 54.0 Å². The number of benzene rings is 1. The third kappa shape index (κ3) is 4.87. The number of amides is 1. The Morgan fingerprint density at radius 2 is 1.52 bits per heavy atom. The SMILES string of the molecule is O=C([C@H]1CC[C@@H](Nc2ccc(C(F)(F)F)cc2)CC1)N1CCN(C2CCC2)CC1. The molecule has 1 amide bonds. The van der Waals surface area contributed by atoms with Gasteiger partial charge in [-0.2, -0.15) is 13.2 Å². The van der Waals surface area contributed by atoms with Crippen molar-refractivity contribution < 1.29 is 18.0 Å². The molecule has 2 aliphatic carbocycles. The standard InChI is InChI=1S/C22H30F3N3O/c23-22(24,25)17-6-10-19(11-7-17)26-18-8-4-16(5-9-18)21(29)28-14-12-27(13-15-28)20-2-1-3-20/h6-7,10-11,16,18,20,26H,1-5,8-9,12-15H2/t16-,18+. The molecule has 0 unspecified atom stereocenters. The van der Waals surface area contributed by atoms with Gasteiger partial charge in [-0.3, -0.25) is 9.69 Å². The number of nitrogens with zero attached hydrogens (tertiary/aromatic N) is 2. The first-order valence-corrected chi connectivity index (χ1v) is 10.9. The molecule has 0 aromatic heterocycles. The van der Waals surface area contributed by atoms with E-state index in [0.29, 0.717) is 11.6 Å². The lowest BCUT2D eigenvalue weighted by Crippen LogP contribution is -2.54. The van der Waals surface area contributed by atoms with Gasteiger partial charge in [-0.25, -0.2) is 0 Å². The van der Waals surface area contributed by atoms with Gasteiger partial charge in [-0.1, -0.05) is 6.42 Å². The second-order valence-corrected chi connectivity index (χ2v) is 8.71. The molecule has 0 radical (unpaired) electrons. The van der Waals surface area contributed by atoms with Crippen LogP contribution in [0.25, 0.3) is 0 Å². The van der Waals surface area contributed by atoms with Crippen LogP contribution < -0.4 is 5.32 Å². The largest absolute Gasteiger partial charge is 0.416 e. The number of rotatable bonds is 4. The fraction of sp³-hybridized carbons (Fsp3) is 0.682. The summed E-state index contributed by atoms with van der Waals surface area (Å²) in [6.45, 7) is 3.70. The Hall–Kier alpha value is -1.76. The van der Waals surface area contributed by atoms with E-state index in [1.165, 1.54) is 31.4 Å². The summed E-state index contributed by atoms with van der Waals surface area (Å²) in [5.41, 5.74) is 0.0784. The monoisotopic (exact) mass is 409 g/mol. The molecule has 3 aliphatic rings. The predicted octanol–water partition coefficient (Wildman–Crippen LogP) is 4.37.